The summed E-state index contributed by atoms with van der Waals surface area (Å²) in [5.41, 5.74) is 4.02. The number of anilines is 2. The quantitative estimate of drug-likeness (QED) is 0.698. The summed E-state index contributed by atoms with van der Waals surface area (Å²) in [5, 5.41) is 6.52. The van der Waals surface area contributed by atoms with Crippen molar-refractivity contribution in [1.29, 1.82) is 0 Å². The predicted octanol–water partition coefficient (Wildman–Crippen LogP) is 5.42. The van der Waals surface area contributed by atoms with Gasteiger partial charge in [0, 0.05) is 37.7 Å². The van der Waals surface area contributed by atoms with Gasteiger partial charge in [-0.2, -0.15) is 13.2 Å². The first kappa shape index (κ1) is 20.9. The van der Waals surface area contributed by atoms with Gasteiger partial charge in [0.2, 0.25) is 0 Å². The molecule has 0 atom stereocenters. The van der Waals surface area contributed by atoms with Crippen molar-refractivity contribution < 1.29 is 13.2 Å². The first-order valence-electron chi connectivity index (χ1n) is 10.4. The third kappa shape index (κ3) is 4.84. The predicted molar refractivity (Wildman–Crippen MR) is 113 cm³/mol. The van der Waals surface area contributed by atoms with E-state index in [0.29, 0.717) is 11.9 Å². The zero-order valence-electron chi connectivity index (χ0n) is 17.1. The maximum absolute atomic E-state index is 12.7. The number of pyridine rings is 1. The largest absolute Gasteiger partial charge is 0.417 e. The topological polar surface area (TPSA) is 40.2 Å². The Morgan fingerprint density at radius 3 is 2.60 bits per heavy atom. The summed E-state index contributed by atoms with van der Waals surface area (Å²) in [7, 11) is 0. The van der Waals surface area contributed by atoms with Gasteiger partial charge in [-0.1, -0.05) is 17.7 Å². The van der Waals surface area contributed by atoms with Crippen LogP contribution >= 0.6 is 0 Å². The van der Waals surface area contributed by atoms with Crippen LogP contribution in [0.2, 0.25) is 0 Å². The van der Waals surface area contributed by atoms with E-state index in [9.17, 15) is 13.2 Å². The standard InChI is InChI=1S/C23H27F3N4/c1-16(17-5-8-21(9-6-17)30-12-11-27-15-30)18-3-2-4-20(13-18)29-22-10-7-19(14-28-22)23(24,25)26/h2-4,7,10,13-14,21,27H,5-6,8-9,11-12,15H2,1H3,(H,28,29). The highest BCUT2D eigenvalue weighted by Gasteiger charge is 2.30. The minimum Gasteiger partial charge on any atom is -0.340 e. The van der Waals surface area contributed by atoms with Crippen molar-refractivity contribution in [3.63, 3.8) is 0 Å². The minimum atomic E-state index is -4.38. The van der Waals surface area contributed by atoms with Crippen LogP contribution in [0.15, 0.2) is 48.2 Å². The van der Waals surface area contributed by atoms with E-state index in [1.807, 2.05) is 18.2 Å². The number of benzene rings is 1. The summed E-state index contributed by atoms with van der Waals surface area (Å²) < 4.78 is 38.1. The van der Waals surface area contributed by atoms with Gasteiger partial charge in [0.15, 0.2) is 0 Å². The summed E-state index contributed by atoms with van der Waals surface area (Å²) in [6.45, 7) is 5.41. The van der Waals surface area contributed by atoms with Gasteiger partial charge >= 0.3 is 6.18 Å². The Morgan fingerprint density at radius 2 is 1.97 bits per heavy atom. The van der Waals surface area contributed by atoms with Crippen LogP contribution in [0.4, 0.5) is 24.7 Å². The Hall–Kier alpha value is -2.38. The molecule has 1 saturated heterocycles. The average Bonchev–Trinajstić information content (AvgIpc) is 3.28. The summed E-state index contributed by atoms with van der Waals surface area (Å²) in [6, 6.07) is 11.1. The first-order valence-corrected chi connectivity index (χ1v) is 10.4. The molecule has 2 aromatic rings. The van der Waals surface area contributed by atoms with Crippen molar-refractivity contribution in [2.24, 2.45) is 0 Å². The Balaban J connectivity index is 1.43. The van der Waals surface area contributed by atoms with Gasteiger partial charge in [0.05, 0.1) is 5.56 Å². The molecule has 2 aliphatic rings. The van der Waals surface area contributed by atoms with Gasteiger partial charge in [-0.05, 0) is 68.0 Å². The fourth-order valence-corrected chi connectivity index (χ4v) is 4.34. The van der Waals surface area contributed by atoms with Crippen molar-refractivity contribution in [3.05, 3.63) is 59.3 Å². The molecule has 1 saturated carbocycles. The Bertz CT molecular complexity index is 889. The molecular weight excluding hydrogens is 389 g/mol. The van der Waals surface area contributed by atoms with E-state index in [2.05, 4.69) is 33.5 Å². The zero-order valence-corrected chi connectivity index (χ0v) is 17.1. The maximum Gasteiger partial charge on any atom is 0.417 e. The zero-order chi connectivity index (χ0) is 21.1. The van der Waals surface area contributed by atoms with Crippen LogP contribution in [0.3, 0.4) is 0 Å². The van der Waals surface area contributed by atoms with Crippen LogP contribution in [0.5, 0.6) is 0 Å². The van der Waals surface area contributed by atoms with E-state index < -0.39 is 11.7 Å². The Labute approximate surface area is 175 Å². The van der Waals surface area contributed by atoms with Gasteiger partial charge in [0.1, 0.15) is 5.82 Å². The lowest BCUT2D eigenvalue weighted by atomic mass is 9.85. The van der Waals surface area contributed by atoms with Crippen LogP contribution in [-0.2, 0) is 6.18 Å². The number of alkyl halides is 3. The molecule has 1 aromatic carbocycles. The second kappa shape index (κ2) is 8.78. The van der Waals surface area contributed by atoms with E-state index in [1.165, 1.54) is 30.1 Å². The molecule has 160 valence electrons. The minimum absolute atomic E-state index is 0.394. The summed E-state index contributed by atoms with van der Waals surface area (Å²) in [5.74, 6) is 0.394. The molecule has 4 nitrogen and oxygen atoms in total. The number of hydrogen-bond donors (Lipinski definition) is 2. The van der Waals surface area contributed by atoms with Gasteiger partial charge < -0.3 is 10.6 Å². The lowest BCUT2D eigenvalue weighted by Gasteiger charge is -2.32. The molecule has 1 aromatic heterocycles. The molecule has 2 heterocycles. The molecule has 0 bridgehead atoms. The SMILES string of the molecule is CC(=C1CCC(N2CCNC2)CC1)c1cccc(Nc2ccc(C(F)(F)F)cn2)c1. The fourth-order valence-electron chi connectivity index (χ4n) is 4.34. The molecule has 1 aliphatic carbocycles. The summed E-state index contributed by atoms with van der Waals surface area (Å²) in [6.07, 6.45) is 1.10. The number of aromatic nitrogens is 1. The normalized spacial score (nSPS) is 20.4. The van der Waals surface area contributed by atoms with E-state index in [4.69, 9.17) is 0 Å². The van der Waals surface area contributed by atoms with Gasteiger partial charge in [-0.3, -0.25) is 4.90 Å². The van der Waals surface area contributed by atoms with E-state index in [-0.39, 0.29) is 0 Å². The van der Waals surface area contributed by atoms with Gasteiger partial charge in [0.25, 0.3) is 0 Å². The number of halogens is 3. The highest BCUT2D eigenvalue weighted by atomic mass is 19.4. The average molecular weight is 416 g/mol. The molecule has 0 radical (unpaired) electrons. The van der Waals surface area contributed by atoms with Gasteiger partial charge in [-0.25, -0.2) is 4.98 Å². The molecule has 7 heteroatoms. The van der Waals surface area contributed by atoms with E-state index in [0.717, 1.165) is 56.1 Å². The lowest BCUT2D eigenvalue weighted by molar-refractivity contribution is -0.137. The van der Waals surface area contributed by atoms with Crippen molar-refractivity contribution in [1.82, 2.24) is 15.2 Å². The number of hydrogen-bond acceptors (Lipinski definition) is 4. The fraction of sp³-hybridized carbons (Fsp3) is 0.435. The maximum atomic E-state index is 12.7. The number of nitrogens with zero attached hydrogens (tertiary/aromatic N) is 2. The molecule has 2 N–H and O–H groups in total. The monoisotopic (exact) mass is 416 g/mol. The van der Waals surface area contributed by atoms with Crippen molar-refractivity contribution in [3.8, 4) is 0 Å². The number of rotatable bonds is 4. The van der Waals surface area contributed by atoms with Crippen molar-refractivity contribution in [2.45, 2.75) is 44.8 Å². The Kier molecular flexibility index (Phi) is 6.11. The smallest absolute Gasteiger partial charge is 0.340 e. The van der Waals surface area contributed by atoms with Crippen molar-refractivity contribution in [2.75, 3.05) is 25.1 Å². The third-order valence-electron chi connectivity index (χ3n) is 6.15. The molecular formula is C23H27F3N4. The Morgan fingerprint density at radius 1 is 1.17 bits per heavy atom. The van der Waals surface area contributed by atoms with E-state index >= 15 is 0 Å². The van der Waals surface area contributed by atoms with Crippen LogP contribution in [0, 0.1) is 0 Å². The molecule has 1 aliphatic heterocycles. The molecule has 2 fully saturated rings. The second-order valence-corrected chi connectivity index (χ2v) is 8.07. The highest BCUT2D eigenvalue weighted by molar-refractivity contribution is 5.71. The molecule has 0 amide bonds. The molecule has 0 unspecified atom stereocenters. The van der Waals surface area contributed by atoms with Crippen LogP contribution in [0.1, 0.15) is 43.7 Å². The van der Waals surface area contributed by atoms with Crippen LogP contribution < -0.4 is 10.6 Å². The number of nitrogens with one attached hydrogen (secondary N) is 2. The van der Waals surface area contributed by atoms with Gasteiger partial charge in [-0.15, -0.1) is 0 Å². The third-order valence-corrected chi connectivity index (χ3v) is 6.15. The number of allylic oxidation sites excluding steroid dienone is 2. The first-order chi connectivity index (χ1) is 14.4. The van der Waals surface area contributed by atoms with Crippen LogP contribution in [-0.4, -0.2) is 35.7 Å². The van der Waals surface area contributed by atoms with Crippen molar-refractivity contribution >= 4 is 17.1 Å². The molecule has 30 heavy (non-hydrogen) atoms. The molecule has 4 rings (SSSR count). The summed E-state index contributed by atoms with van der Waals surface area (Å²) in [4.78, 5) is 6.45. The summed E-state index contributed by atoms with van der Waals surface area (Å²) >= 11 is 0. The highest BCUT2D eigenvalue weighted by Crippen LogP contribution is 2.34. The van der Waals surface area contributed by atoms with E-state index in [1.54, 1.807) is 0 Å². The second-order valence-electron chi connectivity index (χ2n) is 8.07. The van der Waals surface area contributed by atoms with Crippen LogP contribution in [0.25, 0.3) is 5.57 Å². The molecule has 0 spiro atoms. The lowest BCUT2D eigenvalue weighted by Crippen LogP contribution is -2.36.